The lowest BCUT2D eigenvalue weighted by Gasteiger charge is -1.98. The Labute approximate surface area is 101 Å². The molecule has 0 unspecified atom stereocenters. The smallest absolute Gasteiger partial charge is 0.177 e. The maximum Gasteiger partial charge on any atom is 0.177 e. The summed E-state index contributed by atoms with van der Waals surface area (Å²) in [7, 11) is 0. The highest BCUT2D eigenvalue weighted by Gasteiger charge is 2.08. The van der Waals surface area contributed by atoms with E-state index < -0.39 is 0 Å². The van der Waals surface area contributed by atoms with E-state index >= 15 is 0 Å². The van der Waals surface area contributed by atoms with Crippen molar-refractivity contribution in [2.75, 3.05) is 0 Å². The third kappa shape index (κ3) is 1.69. The van der Waals surface area contributed by atoms with E-state index in [0.717, 1.165) is 16.3 Å². The predicted octanol–water partition coefficient (Wildman–Crippen LogP) is 1.01. The van der Waals surface area contributed by atoms with Crippen LogP contribution in [-0.4, -0.2) is 24.2 Å². The van der Waals surface area contributed by atoms with Crippen LogP contribution in [0.2, 0.25) is 0 Å². The minimum atomic E-state index is 0.319. The lowest BCUT2D eigenvalue weighted by molar-refractivity contribution is 0.812. The topological polar surface area (TPSA) is 82.0 Å². The molecule has 0 spiro atoms. The molecule has 0 aliphatic heterocycles. The Hall–Kier alpha value is -1.86. The van der Waals surface area contributed by atoms with Crippen LogP contribution in [-0.2, 0) is 6.54 Å². The van der Waals surface area contributed by atoms with Crippen LogP contribution >= 0.6 is 11.5 Å². The molecule has 0 aliphatic rings. The Morgan fingerprint density at radius 3 is 2.94 bits per heavy atom. The molecule has 3 aromatic rings. The quantitative estimate of drug-likeness (QED) is 0.730. The molecule has 3 heterocycles. The van der Waals surface area contributed by atoms with Crippen LogP contribution < -0.4 is 5.73 Å². The van der Waals surface area contributed by atoms with Gasteiger partial charge < -0.3 is 5.73 Å². The van der Waals surface area contributed by atoms with Crippen LogP contribution in [0.1, 0.15) is 11.5 Å². The number of nitrogens with zero attached hydrogens (tertiary/aromatic N) is 5. The molecule has 86 valence electrons. The molecular formula is C10H10N6S. The lowest BCUT2D eigenvalue weighted by atomic mass is 10.3. The van der Waals surface area contributed by atoms with Crippen molar-refractivity contribution < 1.29 is 0 Å². The molecule has 0 radical (unpaired) electrons. The Kier molecular flexibility index (Phi) is 2.34. The van der Waals surface area contributed by atoms with E-state index in [2.05, 4.69) is 19.7 Å². The summed E-state index contributed by atoms with van der Waals surface area (Å²) in [5, 5.41) is 12.4. The average Bonchev–Trinajstić information content (AvgIpc) is 2.94. The Morgan fingerprint density at radius 2 is 2.24 bits per heavy atom. The second-order valence-corrected chi connectivity index (χ2v) is 4.45. The number of nitrogens with two attached hydrogens (primary N) is 1. The maximum atomic E-state index is 5.58. The summed E-state index contributed by atoms with van der Waals surface area (Å²) in [6.45, 7) is 2.28. The monoisotopic (exact) mass is 246 g/mol. The molecule has 0 aliphatic carbocycles. The van der Waals surface area contributed by atoms with Crippen molar-refractivity contribution in [1.29, 1.82) is 0 Å². The number of aromatic nitrogens is 5. The number of hydrogen-bond acceptors (Lipinski definition) is 6. The molecule has 0 fully saturated rings. The molecule has 6 nitrogen and oxygen atoms in total. The SMILES string of the molecule is Cc1cc(-c2ccc3nnc(CN)n3n2)sn1. The van der Waals surface area contributed by atoms with Crippen molar-refractivity contribution in [3.05, 3.63) is 29.7 Å². The van der Waals surface area contributed by atoms with Gasteiger partial charge in [0, 0.05) is 0 Å². The summed E-state index contributed by atoms with van der Waals surface area (Å²) in [6, 6.07) is 5.80. The zero-order valence-corrected chi connectivity index (χ0v) is 9.98. The van der Waals surface area contributed by atoms with Gasteiger partial charge in [0.2, 0.25) is 0 Å². The third-order valence-electron chi connectivity index (χ3n) is 2.39. The molecule has 0 saturated carbocycles. The normalized spacial score (nSPS) is 11.2. The van der Waals surface area contributed by atoms with Crippen molar-refractivity contribution >= 4 is 17.2 Å². The predicted molar refractivity (Wildman–Crippen MR) is 64.5 cm³/mol. The maximum absolute atomic E-state index is 5.58. The minimum Gasteiger partial charge on any atom is -0.324 e. The molecule has 0 saturated heterocycles. The minimum absolute atomic E-state index is 0.319. The highest BCUT2D eigenvalue weighted by molar-refractivity contribution is 7.09. The van der Waals surface area contributed by atoms with Gasteiger partial charge in [-0.05, 0) is 36.7 Å². The largest absolute Gasteiger partial charge is 0.324 e. The van der Waals surface area contributed by atoms with Gasteiger partial charge >= 0.3 is 0 Å². The van der Waals surface area contributed by atoms with E-state index in [-0.39, 0.29) is 0 Å². The number of fused-ring (bicyclic) bond motifs is 1. The van der Waals surface area contributed by atoms with E-state index in [9.17, 15) is 0 Å². The van der Waals surface area contributed by atoms with Crippen LogP contribution in [0.5, 0.6) is 0 Å². The first-order chi connectivity index (χ1) is 8.28. The van der Waals surface area contributed by atoms with Gasteiger partial charge in [-0.2, -0.15) is 14.0 Å². The van der Waals surface area contributed by atoms with Gasteiger partial charge in [-0.25, -0.2) is 0 Å². The van der Waals surface area contributed by atoms with E-state index in [1.807, 2.05) is 25.1 Å². The number of rotatable bonds is 2. The first-order valence-electron chi connectivity index (χ1n) is 5.13. The molecule has 0 atom stereocenters. The summed E-state index contributed by atoms with van der Waals surface area (Å²) in [5.41, 5.74) is 8.14. The number of hydrogen-bond donors (Lipinski definition) is 1. The highest BCUT2D eigenvalue weighted by Crippen LogP contribution is 2.22. The first kappa shape index (κ1) is 10.3. The number of aryl methyl sites for hydroxylation is 1. The Morgan fingerprint density at radius 1 is 1.35 bits per heavy atom. The van der Waals surface area contributed by atoms with Crippen LogP contribution in [0.3, 0.4) is 0 Å². The molecule has 3 aromatic heterocycles. The van der Waals surface area contributed by atoms with Crippen molar-refractivity contribution in [2.24, 2.45) is 5.73 Å². The lowest BCUT2D eigenvalue weighted by Crippen LogP contribution is -2.05. The summed E-state index contributed by atoms with van der Waals surface area (Å²) in [6.07, 6.45) is 0. The fourth-order valence-electron chi connectivity index (χ4n) is 1.58. The van der Waals surface area contributed by atoms with Crippen LogP contribution in [0.15, 0.2) is 18.2 Å². The van der Waals surface area contributed by atoms with Gasteiger partial charge in [-0.1, -0.05) is 0 Å². The Balaban J connectivity index is 2.18. The standard InChI is InChI=1S/C10H10N6S/c1-6-4-8(17-15-6)7-2-3-9-12-13-10(5-11)16(9)14-7/h2-4H,5,11H2,1H3. The molecule has 2 N–H and O–H groups in total. The van der Waals surface area contributed by atoms with Crippen molar-refractivity contribution in [1.82, 2.24) is 24.2 Å². The van der Waals surface area contributed by atoms with E-state index in [1.165, 1.54) is 11.5 Å². The van der Waals surface area contributed by atoms with Crippen molar-refractivity contribution in [2.45, 2.75) is 13.5 Å². The van der Waals surface area contributed by atoms with Gasteiger partial charge in [0.25, 0.3) is 0 Å². The van der Waals surface area contributed by atoms with Gasteiger partial charge in [0.05, 0.1) is 17.1 Å². The molecule has 7 heteroatoms. The summed E-state index contributed by atoms with van der Waals surface area (Å²) in [5.74, 6) is 0.656. The fraction of sp³-hybridized carbons (Fsp3) is 0.200. The summed E-state index contributed by atoms with van der Waals surface area (Å²) < 4.78 is 5.91. The van der Waals surface area contributed by atoms with Gasteiger partial charge in [0.15, 0.2) is 11.5 Å². The second kappa shape index (κ2) is 3.86. The molecule has 17 heavy (non-hydrogen) atoms. The van der Waals surface area contributed by atoms with Crippen LogP contribution in [0.25, 0.3) is 16.2 Å². The van der Waals surface area contributed by atoms with E-state index in [1.54, 1.807) is 4.52 Å². The highest BCUT2D eigenvalue weighted by atomic mass is 32.1. The van der Waals surface area contributed by atoms with Crippen molar-refractivity contribution in [3.8, 4) is 10.6 Å². The van der Waals surface area contributed by atoms with Crippen LogP contribution in [0, 0.1) is 6.92 Å². The summed E-state index contributed by atoms with van der Waals surface area (Å²) in [4.78, 5) is 1.03. The summed E-state index contributed by atoms with van der Waals surface area (Å²) >= 11 is 1.43. The molecule has 0 aromatic carbocycles. The van der Waals surface area contributed by atoms with Gasteiger partial charge in [-0.3, -0.25) is 0 Å². The van der Waals surface area contributed by atoms with Crippen molar-refractivity contribution in [3.63, 3.8) is 0 Å². The van der Waals surface area contributed by atoms with Gasteiger partial charge in [-0.15, -0.1) is 10.2 Å². The van der Waals surface area contributed by atoms with Crippen LogP contribution in [0.4, 0.5) is 0 Å². The Bertz CT molecular complexity index is 670. The average molecular weight is 246 g/mol. The fourth-order valence-corrected chi connectivity index (χ4v) is 2.30. The van der Waals surface area contributed by atoms with Gasteiger partial charge in [0.1, 0.15) is 5.69 Å². The molecule has 3 rings (SSSR count). The van der Waals surface area contributed by atoms with E-state index in [0.29, 0.717) is 18.0 Å². The first-order valence-corrected chi connectivity index (χ1v) is 5.90. The zero-order valence-electron chi connectivity index (χ0n) is 9.16. The molecule has 0 amide bonds. The molecule has 0 bridgehead atoms. The zero-order chi connectivity index (χ0) is 11.8. The third-order valence-corrected chi connectivity index (χ3v) is 3.29. The van der Waals surface area contributed by atoms with E-state index in [4.69, 9.17) is 5.73 Å². The molecular weight excluding hydrogens is 236 g/mol. The second-order valence-electron chi connectivity index (χ2n) is 3.64.